The number of carbonyl (C=O) groups is 1. The molecule has 0 spiro atoms. The quantitative estimate of drug-likeness (QED) is 0.627. The van der Waals surface area contributed by atoms with Gasteiger partial charge in [0, 0.05) is 6.20 Å². The first-order valence-electron chi connectivity index (χ1n) is 5.72. The lowest BCUT2D eigenvalue weighted by Gasteiger charge is -2.10. The van der Waals surface area contributed by atoms with Gasteiger partial charge in [-0.1, -0.05) is 0 Å². The number of carbonyl (C=O) groups excluding carboxylic acids is 1. The van der Waals surface area contributed by atoms with Crippen molar-refractivity contribution in [2.24, 2.45) is 0 Å². The molecule has 0 unspecified atom stereocenters. The van der Waals surface area contributed by atoms with Gasteiger partial charge in [-0.15, -0.1) is 5.10 Å². The Morgan fingerprint density at radius 2 is 2.10 bits per heavy atom. The summed E-state index contributed by atoms with van der Waals surface area (Å²) in [6, 6.07) is 6.75. The van der Waals surface area contributed by atoms with Gasteiger partial charge in [-0.05, 0) is 30.3 Å². The van der Waals surface area contributed by atoms with Crippen LogP contribution in [0.5, 0.6) is 0 Å². The van der Waals surface area contributed by atoms with Crippen LogP contribution in [0.2, 0.25) is 0 Å². The first kappa shape index (κ1) is 14.7. The normalized spacial score (nSPS) is 10.9. The second kappa shape index (κ2) is 5.75. The smallest absolute Gasteiger partial charge is 0.337 e. The molecule has 0 atom stereocenters. The van der Waals surface area contributed by atoms with Crippen molar-refractivity contribution in [2.75, 3.05) is 17.6 Å². The lowest BCUT2D eigenvalue weighted by atomic mass is 10.2. The van der Waals surface area contributed by atoms with Crippen molar-refractivity contribution in [3.05, 3.63) is 42.1 Å². The van der Waals surface area contributed by atoms with Crippen LogP contribution in [-0.4, -0.2) is 31.7 Å². The molecule has 1 heterocycles. The van der Waals surface area contributed by atoms with Gasteiger partial charge in [0.1, 0.15) is 4.90 Å². The van der Waals surface area contributed by atoms with Crippen LogP contribution in [-0.2, 0) is 14.8 Å². The molecule has 0 saturated heterocycles. The number of esters is 1. The summed E-state index contributed by atoms with van der Waals surface area (Å²) in [7, 11) is -2.70. The van der Waals surface area contributed by atoms with Crippen molar-refractivity contribution in [3.8, 4) is 0 Å². The zero-order chi connectivity index (χ0) is 15.5. The van der Waals surface area contributed by atoms with E-state index in [1.54, 1.807) is 0 Å². The number of rotatable bonds is 4. The maximum Gasteiger partial charge on any atom is 0.337 e. The van der Waals surface area contributed by atoms with Crippen LogP contribution < -0.4 is 10.5 Å². The van der Waals surface area contributed by atoms with E-state index in [1.807, 2.05) is 0 Å². The number of nitrogens with zero attached hydrogens (tertiary/aromatic N) is 2. The number of methoxy groups -OCH3 is 1. The number of nitrogens with two attached hydrogens (primary N) is 1. The number of anilines is 2. The molecular formula is C12H12N4O4S. The van der Waals surface area contributed by atoms with Crippen LogP contribution in [0.4, 0.5) is 11.5 Å². The molecule has 0 bridgehead atoms. The zero-order valence-electron chi connectivity index (χ0n) is 11.0. The number of benzene rings is 1. The summed E-state index contributed by atoms with van der Waals surface area (Å²) in [6.07, 6.45) is 1.41. The van der Waals surface area contributed by atoms with Crippen molar-refractivity contribution < 1.29 is 17.9 Å². The number of aromatic nitrogens is 2. The average Bonchev–Trinajstić information content (AvgIpc) is 2.46. The van der Waals surface area contributed by atoms with Gasteiger partial charge in [-0.2, -0.15) is 5.10 Å². The first-order chi connectivity index (χ1) is 9.94. The highest BCUT2D eigenvalue weighted by Crippen LogP contribution is 2.22. The molecule has 8 nitrogen and oxygen atoms in total. The highest BCUT2D eigenvalue weighted by atomic mass is 32.2. The molecule has 2 aromatic rings. The molecule has 9 heteroatoms. The lowest BCUT2D eigenvalue weighted by Crippen LogP contribution is -2.16. The predicted octanol–water partition coefficient (Wildman–Crippen LogP) is 0.646. The molecule has 2 rings (SSSR count). The monoisotopic (exact) mass is 308 g/mol. The van der Waals surface area contributed by atoms with E-state index in [2.05, 4.69) is 19.7 Å². The summed E-state index contributed by atoms with van der Waals surface area (Å²) in [6.45, 7) is 0. The Balaban J connectivity index is 2.35. The molecule has 0 saturated carbocycles. The third-order valence-corrected chi connectivity index (χ3v) is 3.96. The van der Waals surface area contributed by atoms with Crippen molar-refractivity contribution >= 4 is 27.5 Å². The van der Waals surface area contributed by atoms with E-state index < -0.39 is 16.0 Å². The number of nitrogens with one attached hydrogen (secondary N) is 1. The van der Waals surface area contributed by atoms with Crippen LogP contribution in [0.15, 0.2) is 41.4 Å². The summed E-state index contributed by atoms with van der Waals surface area (Å²) in [5.74, 6) is -0.540. The van der Waals surface area contributed by atoms with Crippen molar-refractivity contribution in [2.45, 2.75) is 4.90 Å². The number of nitrogen functional groups attached to an aromatic ring is 1. The fourth-order valence-corrected chi connectivity index (χ4v) is 2.70. The van der Waals surface area contributed by atoms with Gasteiger partial charge >= 0.3 is 5.97 Å². The number of sulfonamides is 1. The Morgan fingerprint density at radius 1 is 1.33 bits per heavy atom. The van der Waals surface area contributed by atoms with Crippen LogP contribution in [0.1, 0.15) is 10.4 Å². The third-order valence-electron chi connectivity index (χ3n) is 2.53. The minimum atomic E-state index is -3.92. The average molecular weight is 308 g/mol. The summed E-state index contributed by atoms with van der Waals surface area (Å²) >= 11 is 0. The molecule has 110 valence electrons. The molecule has 1 aromatic carbocycles. The van der Waals surface area contributed by atoms with E-state index in [0.29, 0.717) is 0 Å². The molecule has 0 aliphatic heterocycles. The van der Waals surface area contributed by atoms with Gasteiger partial charge in [0.05, 0.1) is 18.4 Å². The molecule has 0 aliphatic rings. The Labute approximate surface area is 121 Å². The van der Waals surface area contributed by atoms with E-state index in [0.717, 1.165) is 0 Å². The zero-order valence-corrected chi connectivity index (χ0v) is 11.8. The molecular weight excluding hydrogens is 296 g/mol. The number of hydrogen-bond donors (Lipinski definition) is 2. The van der Waals surface area contributed by atoms with Gasteiger partial charge in [0.2, 0.25) is 0 Å². The van der Waals surface area contributed by atoms with Crippen LogP contribution in [0, 0.1) is 0 Å². The highest BCUT2D eigenvalue weighted by molar-refractivity contribution is 7.92. The largest absolute Gasteiger partial charge is 0.465 e. The number of ether oxygens (including phenoxy) is 1. The van der Waals surface area contributed by atoms with E-state index >= 15 is 0 Å². The fourth-order valence-electron chi connectivity index (χ4n) is 1.59. The molecule has 1 aromatic heterocycles. The maximum atomic E-state index is 12.2. The first-order valence-corrected chi connectivity index (χ1v) is 7.21. The van der Waals surface area contributed by atoms with E-state index in [4.69, 9.17) is 5.73 Å². The van der Waals surface area contributed by atoms with Crippen LogP contribution in [0.3, 0.4) is 0 Å². The van der Waals surface area contributed by atoms with Crippen molar-refractivity contribution in [3.63, 3.8) is 0 Å². The molecule has 3 N–H and O–H groups in total. The van der Waals surface area contributed by atoms with Crippen LogP contribution >= 0.6 is 0 Å². The third kappa shape index (κ3) is 3.26. The topological polar surface area (TPSA) is 124 Å². The molecule has 0 aliphatic carbocycles. The summed E-state index contributed by atoms with van der Waals surface area (Å²) in [4.78, 5) is 11.2. The van der Waals surface area contributed by atoms with Gasteiger partial charge < -0.3 is 10.5 Å². The van der Waals surface area contributed by atoms with Gasteiger partial charge in [0.25, 0.3) is 10.0 Å². The van der Waals surface area contributed by atoms with Gasteiger partial charge in [0.15, 0.2) is 5.82 Å². The fraction of sp³-hybridized carbons (Fsp3) is 0.0833. The summed E-state index contributed by atoms with van der Waals surface area (Å²) in [5.41, 5.74) is 5.78. The summed E-state index contributed by atoms with van der Waals surface area (Å²) in [5, 5.41) is 7.19. The molecule has 0 fully saturated rings. The highest BCUT2D eigenvalue weighted by Gasteiger charge is 2.19. The molecule has 0 radical (unpaired) electrons. The lowest BCUT2D eigenvalue weighted by molar-refractivity contribution is 0.0600. The Hall–Kier alpha value is -2.68. The van der Waals surface area contributed by atoms with E-state index in [9.17, 15) is 13.2 Å². The SMILES string of the molecule is COC(=O)c1ccc(S(=O)(=O)Nc2cccnn2)c(N)c1. The standard InChI is InChI=1S/C12H12N4O4S/c1-20-12(17)8-4-5-10(9(13)7-8)21(18,19)16-11-3-2-6-14-15-11/h2-7H,13H2,1H3,(H,15,16). The van der Waals surface area contributed by atoms with E-state index in [1.165, 1.54) is 43.6 Å². The Morgan fingerprint density at radius 3 is 2.67 bits per heavy atom. The Kier molecular flexibility index (Phi) is 4.03. The second-order valence-corrected chi connectivity index (χ2v) is 5.61. The van der Waals surface area contributed by atoms with Crippen molar-refractivity contribution in [1.82, 2.24) is 10.2 Å². The molecule has 0 amide bonds. The minimum Gasteiger partial charge on any atom is -0.465 e. The summed E-state index contributed by atoms with van der Waals surface area (Å²) < 4.78 is 31.2. The predicted molar refractivity (Wildman–Crippen MR) is 75.0 cm³/mol. The second-order valence-electron chi connectivity index (χ2n) is 3.96. The maximum absolute atomic E-state index is 12.2. The van der Waals surface area contributed by atoms with E-state index in [-0.39, 0.29) is 22.0 Å². The van der Waals surface area contributed by atoms with Crippen LogP contribution in [0.25, 0.3) is 0 Å². The van der Waals surface area contributed by atoms with Gasteiger partial charge in [-0.3, -0.25) is 4.72 Å². The number of hydrogen-bond acceptors (Lipinski definition) is 7. The Bertz CT molecular complexity index is 762. The van der Waals surface area contributed by atoms with Gasteiger partial charge in [-0.25, -0.2) is 13.2 Å². The van der Waals surface area contributed by atoms with Crippen molar-refractivity contribution in [1.29, 1.82) is 0 Å². The molecule has 21 heavy (non-hydrogen) atoms. The minimum absolute atomic E-state index is 0.0638.